The first-order valence-electron chi connectivity index (χ1n) is 20.2. The smallest absolute Gasteiger partial charge is 0.225 e. The molecular formula is C43H72N4O2. The number of hydrogen-bond acceptors (Lipinski definition) is 4. The van der Waals surface area contributed by atoms with Crippen molar-refractivity contribution in [2.45, 2.75) is 150 Å². The highest BCUT2D eigenvalue weighted by atomic mass is 16.2. The Morgan fingerprint density at radius 3 is 1.14 bits per heavy atom. The molecule has 0 saturated heterocycles. The van der Waals surface area contributed by atoms with Crippen molar-refractivity contribution in [2.75, 3.05) is 49.9 Å². The molecule has 0 aromatic heterocycles. The van der Waals surface area contributed by atoms with E-state index in [4.69, 9.17) is 0 Å². The molecule has 0 fully saturated rings. The number of carbonyl (C=O) groups is 2. The van der Waals surface area contributed by atoms with Gasteiger partial charge in [-0.25, -0.2) is 0 Å². The number of nitrogens with one attached hydrogen (secondary N) is 2. The molecule has 0 bridgehead atoms. The maximum atomic E-state index is 13.0. The topological polar surface area (TPSA) is 64.7 Å². The van der Waals surface area contributed by atoms with Gasteiger partial charge in [-0.05, 0) is 93.7 Å². The first kappa shape index (κ1) is 42.5. The van der Waals surface area contributed by atoms with Crippen LogP contribution in [0.3, 0.4) is 0 Å². The number of nitrogens with zero attached hydrogens (tertiary/aromatic N) is 2. The third kappa shape index (κ3) is 21.2. The van der Waals surface area contributed by atoms with Gasteiger partial charge in [0.25, 0.3) is 0 Å². The summed E-state index contributed by atoms with van der Waals surface area (Å²) in [7, 11) is 0. The van der Waals surface area contributed by atoms with Crippen molar-refractivity contribution in [3.8, 4) is 0 Å². The standard InChI is InChI=1S/C43H72N4O2/c1-5-9-13-17-29-46(30-18-14-10-6-2)33-27-42(48)44-40-25-21-23-38(36-40)35-39-24-22-26-41(37-39)45-43(49)28-34-47(31-19-15-11-7-3)32-20-16-12-8-4/h21-26,36-37H,5-20,27-35H2,1-4H3,(H,44,48)(H,45,49). The SMILES string of the molecule is CCCCCCN(CCCCCC)CCC(=O)Nc1cccc(Cc2cccc(NC(=O)CCN(CCCCCC)CCCCCC)c2)c1. The van der Waals surface area contributed by atoms with Crippen LogP contribution in [0.4, 0.5) is 11.4 Å². The van der Waals surface area contributed by atoms with Crippen molar-refractivity contribution in [1.82, 2.24) is 9.80 Å². The molecule has 0 heterocycles. The van der Waals surface area contributed by atoms with E-state index in [9.17, 15) is 9.59 Å². The van der Waals surface area contributed by atoms with E-state index in [1.54, 1.807) is 0 Å². The largest absolute Gasteiger partial charge is 0.326 e. The van der Waals surface area contributed by atoms with Crippen LogP contribution in [-0.2, 0) is 16.0 Å². The predicted molar refractivity (Wildman–Crippen MR) is 212 cm³/mol. The summed E-state index contributed by atoms with van der Waals surface area (Å²) in [5.74, 6) is 0.156. The van der Waals surface area contributed by atoms with Crippen molar-refractivity contribution in [3.05, 3.63) is 59.7 Å². The van der Waals surface area contributed by atoms with E-state index in [2.05, 4.69) is 72.4 Å². The lowest BCUT2D eigenvalue weighted by molar-refractivity contribution is -0.117. The number of benzene rings is 2. The lowest BCUT2D eigenvalue weighted by atomic mass is 10.0. The predicted octanol–water partition coefficient (Wildman–Crippen LogP) is 10.9. The van der Waals surface area contributed by atoms with Crippen LogP contribution in [0.5, 0.6) is 0 Å². The van der Waals surface area contributed by atoms with Crippen LogP contribution in [0.15, 0.2) is 48.5 Å². The molecular weight excluding hydrogens is 604 g/mol. The van der Waals surface area contributed by atoms with Gasteiger partial charge in [0.05, 0.1) is 0 Å². The summed E-state index contributed by atoms with van der Waals surface area (Å²) in [4.78, 5) is 30.9. The molecule has 2 amide bonds. The van der Waals surface area contributed by atoms with Crippen LogP contribution >= 0.6 is 0 Å². The summed E-state index contributed by atoms with van der Waals surface area (Å²) in [5.41, 5.74) is 3.96. The normalized spacial score (nSPS) is 11.4. The highest BCUT2D eigenvalue weighted by Gasteiger charge is 2.11. The highest BCUT2D eigenvalue weighted by molar-refractivity contribution is 5.91. The molecule has 0 saturated carbocycles. The Balaban J connectivity index is 1.86. The molecule has 0 aliphatic heterocycles. The van der Waals surface area contributed by atoms with Gasteiger partial charge in [0.1, 0.15) is 0 Å². The number of rotatable bonds is 30. The van der Waals surface area contributed by atoms with E-state index in [-0.39, 0.29) is 11.8 Å². The van der Waals surface area contributed by atoms with E-state index >= 15 is 0 Å². The molecule has 2 aromatic rings. The Labute approximate surface area is 301 Å². The van der Waals surface area contributed by atoms with E-state index in [0.29, 0.717) is 12.8 Å². The van der Waals surface area contributed by atoms with Crippen molar-refractivity contribution in [2.24, 2.45) is 0 Å². The molecule has 2 aromatic carbocycles. The van der Waals surface area contributed by atoms with Crippen molar-refractivity contribution >= 4 is 23.2 Å². The average molecular weight is 677 g/mol. The zero-order valence-corrected chi connectivity index (χ0v) is 32.0. The Hall–Kier alpha value is -2.70. The second kappa shape index (κ2) is 28.0. The summed E-state index contributed by atoms with van der Waals surface area (Å²) < 4.78 is 0. The van der Waals surface area contributed by atoms with Crippen LogP contribution < -0.4 is 10.6 Å². The van der Waals surface area contributed by atoms with Crippen molar-refractivity contribution < 1.29 is 9.59 Å². The van der Waals surface area contributed by atoms with Crippen LogP contribution in [0.2, 0.25) is 0 Å². The minimum Gasteiger partial charge on any atom is -0.326 e. The third-order valence-electron chi connectivity index (χ3n) is 9.45. The van der Waals surface area contributed by atoms with E-state index in [1.165, 1.54) is 103 Å². The van der Waals surface area contributed by atoms with Gasteiger partial charge < -0.3 is 20.4 Å². The minimum absolute atomic E-state index is 0.0782. The Bertz CT molecular complexity index is 1020. The summed E-state index contributed by atoms with van der Waals surface area (Å²) >= 11 is 0. The summed E-state index contributed by atoms with van der Waals surface area (Å²) in [6.45, 7) is 15.0. The lowest BCUT2D eigenvalue weighted by Crippen LogP contribution is -2.30. The van der Waals surface area contributed by atoms with Crippen LogP contribution in [0.1, 0.15) is 154 Å². The fourth-order valence-corrected chi connectivity index (χ4v) is 6.44. The fraction of sp³-hybridized carbons (Fsp3) is 0.674. The molecule has 0 unspecified atom stereocenters. The van der Waals surface area contributed by atoms with Crippen LogP contribution in [0, 0.1) is 0 Å². The number of unbranched alkanes of at least 4 members (excludes halogenated alkanes) is 12. The number of amides is 2. The molecule has 0 aliphatic carbocycles. The third-order valence-corrected chi connectivity index (χ3v) is 9.45. The number of hydrogen-bond donors (Lipinski definition) is 2. The zero-order valence-electron chi connectivity index (χ0n) is 32.0. The molecule has 6 nitrogen and oxygen atoms in total. The van der Waals surface area contributed by atoms with Gasteiger partial charge in [-0.1, -0.05) is 129 Å². The van der Waals surface area contributed by atoms with E-state index in [0.717, 1.165) is 68.2 Å². The summed E-state index contributed by atoms with van der Waals surface area (Å²) in [6, 6.07) is 16.3. The van der Waals surface area contributed by atoms with Gasteiger partial charge in [0, 0.05) is 37.3 Å². The Kier molecular flexibility index (Phi) is 24.3. The lowest BCUT2D eigenvalue weighted by Gasteiger charge is -2.22. The van der Waals surface area contributed by atoms with E-state index < -0.39 is 0 Å². The number of anilines is 2. The molecule has 0 spiro atoms. The minimum atomic E-state index is 0.0782. The summed E-state index contributed by atoms with van der Waals surface area (Å²) in [5, 5.41) is 6.30. The average Bonchev–Trinajstić information content (AvgIpc) is 3.09. The van der Waals surface area contributed by atoms with Crippen LogP contribution in [0.25, 0.3) is 0 Å². The Morgan fingerprint density at radius 2 is 0.816 bits per heavy atom. The van der Waals surface area contributed by atoms with Gasteiger partial charge in [-0.15, -0.1) is 0 Å². The molecule has 0 radical (unpaired) electrons. The van der Waals surface area contributed by atoms with E-state index in [1.807, 2.05) is 24.3 Å². The maximum absolute atomic E-state index is 13.0. The quantitative estimate of drug-likeness (QED) is 0.0808. The molecule has 276 valence electrons. The first-order valence-corrected chi connectivity index (χ1v) is 20.2. The second-order valence-electron chi connectivity index (χ2n) is 14.1. The molecule has 2 rings (SSSR count). The van der Waals surface area contributed by atoms with Gasteiger partial charge in [-0.3, -0.25) is 9.59 Å². The summed E-state index contributed by atoms with van der Waals surface area (Å²) in [6.07, 6.45) is 21.9. The van der Waals surface area contributed by atoms with Crippen molar-refractivity contribution in [1.29, 1.82) is 0 Å². The first-order chi connectivity index (χ1) is 24.0. The molecule has 6 heteroatoms. The molecule has 2 N–H and O–H groups in total. The zero-order chi connectivity index (χ0) is 35.4. The van der Waals surface area contributed by atoms with Gasteiger partial charge in [0.2, 0.25) is 11.8 Å². The van der Waals surface area contributed by atoms with Crippen LogP contribution in [-0.4, -0.2) is 60.9 Å². The molecule has 49 heavy (non-hydrogen) atoms. The Morgan fingerprint density at radius 1 is 0.469 bits per heavy atom. The van der Waals surface area contributed by atoms with Gasteiger partial charge in [0.15, 0.2) is 0 Å². The highest BCUT2D eigenvalue weighted by Crippen LogP contribution is 2.19. The second-order valence-corrected chi connectivity index (χ2v) is 14.1. The maximum Gasteiger partial charge on any atom is 0.225 e. The number of carbonyl (C=O) groups excluding carboxylic acids is 2. The molecule has 0 aliphatic rings. The van der Waals surface area contributed by atoms with Gasteiger partial charge in [-0.2, -0.15) is 0 Å². The molecule has 0 atom stereocenters. The van der Waals surface area contributed by atoms with Gasteiger partial charge >= 0.3 is 0 Å². The van der Waals surface area contributed by atoms with Crippen molar-refractivity contribution in [3.63, 3.8) is 0 Å². The fourth-order valence-electron chi connectivity index (χ4n) is 6.44. The monoisotopic (exact) mass is 677 g/mol.